The summed E-state index contributed by atoms with van der Waals surface area (Å²) in [6, 6.07) is 13.7. The lowest BCUT2D eigenvalue weighted by Crippen LogP contribution is -2.41. The van der Waals surface area contributed by atoms with E-state index in [0.717, 1.165) is 35.1 Å². The standard InChI is InChI=1S/C21H22N4O2S/c1-14-19(28-24-23-14)21(27)25-11-9-15(10-12-25)13-22-20(26)18-8-4-6-16-5-2-3-7-17(16)18/h2-8,15H,9-13H2,1H3,(H,22,26). The number of piperidine rings is 1. The van der Waals surface area contributed by atoms with Crippen LogP contribution in [-0.4, -0.2) is 45.9 Å². The van der Waals surface area contributed by atoms with Crippen LogP contribution in [0.3, 0.4) is 0 Å². The number of nitrogens with zero attached hydrogens (tertiary/aromatic N) is 3. The van der Waals surface area contributed by atoms with Crippen molar-refractivity contribution in [2.75, 3.05) is 19.6 Å². The van der Waals surface area contributed by atoms with Gasteiger partial charge in [0.05, 0.1) is 5.69 Å². The molecule has 144 valence electrons. The van der Waals surface area contributed by atoms with E-state index in [1.54, 1.807) is 0 Å². The molecule has 0 spiro atoms. The van der Waals surface area contributed by atoms with Crippen LogP contribution in [0.5, 0.6) is 0 Å². The zero-order valence-electron chi connectivity index (χ0n) is 15.7. The number of likely N-dealkylation sites (tertiary alicyclic amines) is 1. The number of carbonyl (C=O) groups is 2. The normalized spacial score (nSPS) is 15.0. The van der Waals surface area contributed by atoms with Gasteiger partial charge < -0.3 is 10.2 Å². The van der Waals surface area contributed by atoms with Crippen molar-refractivity contribution in [3.8, 4) is 0 Å². The van der Waals surface area contributed by atoms with E-state index in [2.05, 4.69) is 14.9 Å². The third-order valence-electron chi connectivity index (χ3n) is 5.33. The van der Waals surface area contributed by atoms with E-state index in [-0.39, 0.29) is 11.8 Å². The second-order valence-electron chi connectivity index (χ2n) is 7.16. The highest BCUT2D eigenvalue weighted by atomic mass is 32.1. The van der Waals surface area contributed by atoms with E-state index in [0.29, 0.717) is 41.7 Å². The molecule has 2 heterocycles. The fourth-order valence-corrected chi connectivity index (χ4v) is 4.29. The number of rotatable bonds is 4. The van der Waals surface area contributed by atoms with E-state index in [9.17, 15) is 9.59 Å². The second-order valence-corrected chi connectivity index (χ2v) is 7.91. The van der Waals surface area contributed by atoms with Crippen molar-refractivity contribution < 1.29 is 9.59 Å². The number of aromatic nitrogens is 2. The van der Waals surface area contributed by atoms with Crippen LogP contribution in [-0.2, 0) is 0 Å². The number of benzene rings is 2. The van der Waals surface area contributed by atoms with Crippen molar-refractivity contribution >= 4 is 34.1 Å². The van der Waals surface area contributed by atoms with Gasteiger partial charge in [0.15, 0.2) is 0 Å². The maximum atomic E-state index is 12.7. The molecule has 28 heavy (non-hydrogen) atoms. The molecular formula is C21H22N4O2S. The summed E-state index contributed by atoms with van der Waals surface area (Å²) in [5, 5.41) is 9.04. The Morgan fingerprint density at radius 2 is 1.89 bits per heavy atom. The third-order valence-corrected chi connectivity index (χ3v) is 6.15. The van der Waals surface area contributed by atoms with Crippen molar-refractivity contribution in [3.63, 3.8) is 0 Å². The highest BCUT2D eigenvalue weighted by molar-refractivity contribution is 7.07. The SMILES string of the molecule is Cc1nnsc1C(=O)N1CCC(CNC(=O)c2cccc3ccccc23)CC1. The first-order valence-electron chi connectivity index (χ1n) is 9.47. The number of hydrogen-bond donors (Lipinski definition) is 1. The molecule has 0 saturated carbocycles. The first kappa shape index (κ1) is 18.6. The number of aryl methyl sites for hydroxylation is 1. The van der Waals surface area contributed by atoms with Crippen LogP contribution in [0.1, 0.15) is 38.6 Å². The van der Waals surface area contributed by atoms with Gasteiger partial charge in [0.1, 0.15) is 4.88 Å². The second kappa shape index (κ2) is 8.06. The maximum absolute atomic E-state index is 12.7. The van der Waals surface area contributed by atoms with Crippen molar-refractivity contribution in [2.24, 2.45) is 5.92 Å². The Labute approximate surface area is 167 Å². The molecule has 2 aromatic carbocycles. The van der Waals surface area contributed by atoms with Crippen molar-refractivity contribution in [1.29, 1.82) is 0 Å². The zero-order valence-corrected chi connectivity index (χ0v) is 16.5. The Bertz CT molecular complexity index is 1000. The molecule has 1 aliphatic rings. The predicted octanol–water partition coefficient (Wildman–Crippen LogP) is 3.28. The summed E-state index contributed by atoms with van der Waals surface area (Å²) in [7, 11) is 0. The van der Waals surface area contributed by atoms with Crippen LogP contribution < -0.4 is 5.32 Å². The van der Waals surface area contributed by atoms with Gasteiger partial charge in [0.2, 0.25) is 0 Å². The van der Waals surface area contributed by atoms with Crippen molar-refractivity contribution in [1.82, 2.24) is 19.8 Å². The average molecular weight is 395 g/mol. The van der Waals surface area contributed by atoms with E-state index >= 15 is 0 Å². The fraction of sp³-hybridized carbons (Fsp3) is 0.333. The van der Waals surface area contributed by atoms with E-state index in [1.807, 2.05) is 54.3 Å². The topological polar surface area (TPSA) is 75.2 Å². The van der Waals surface area contributed by atoms with Crippen molar-refractivity contribution in [2.45, 2.75) is 19.8 Å². The maximum Gasteiger partial charge on any atom is 0.267 e. The molecule has 7 heteroatoms. The van der Waals surface area contributed by atoms with Crippen LogP contribution in [0.2, 0.25) is 0 Å². The summed E-state index contributed by atoms with van der Waals surface area (Å²) in [4.78, 5) is 27.7. The van der Waals surface area contributed by atoms with Gasteiger partial charge in [-0.2, -0.15) is 0 Å². The molecule has 0 radical (unpaired) electrons. The van der Waals surface area contributed by atoms with Crippen LogP contribution in [0.4, 0.5) is 0 Å². The third kappa shape index (κ3) is 3.75. The van der Waals surface area contributed by atoms with Gasteiger partial charge in [-0.25, -0.2) is 0 Å². The Kier molecular flexibility index (Phi) is 5.34. The van der Waals surface area contributed by atoms with Gasteiger partial charge in [-0.3, -0.25) is 9.59 Å². The van der Waals surface area contributed by atoms with Crippen LogP contribution in [0, 0.1) is 12.8 Å². The minimum absolute atomic E-state index is 0.0192. The van der Waals surface area contributed by atoms with Gasteiger partial charge >= 0.3 is 0 Å². The molecule has 4 rings (SSSR count). The lowest BCUT2D eigenvalue weighted by atomic mass is 9.96. The summed E-state index contributed by atoms with van der Waals surface area (Å²) >= 11 is 1.16. The molecule has 1 aliphatic heterocycles. The molecule has 0 unspecified atom stereocenters. The summed E-state index contributed by atoms with van der Waals surface area (Å²) in [6.45, 7) is 3.84. The smallest absolute Gasteiger partial charge is 0.267 e. The first-order chi connectivity index (χ1) is 13.6. The van der Waals surface area contributed by atoms with Gasteiger partial charge in [-0.15, -0.1) is 5.10 Å². The zero-order chi connectivity index (χ0) is 19.5. The number of hydrogen-bond acceptors (Lipinski definition) is 5. The molecule has 0 atom stereocenters. The highest BCUT2D eigenvalue weighted by Gasteiger charge is 2.26. The van der Waals surface area contributed by atoms with Crippen LogP contribution in [0.25, 0.3) is 10.8 Å². The quantitative estimate of drug-likeness (QED) is 0.737. The number of nitrogens with one attached hydrogen (secondary N) is 1. The van der Waals surface area contributed by atoms with Crippen LogP contribution >= 0.6 is 11.5 Å². The summed E-state index contributed by atoms with van der Waals surface area (Å²) < 4.78 is 3.85. The van der Waals surface area contributed by atoms with E-state index < -0.39 is 0 Å². The highest BCUT2D eigenvalue weighted by Crippen LogP contribution is 2.22. The monoisotopic (exact) mass is 394 g/mol. The Morgan fingerprint density at radius 1 is 1.14 bits per heavy atom. The fourth-order valence-electron chi connectivity index (χ4n) is 3.67. The molecule has 1 N–H and O–H groups in total. The van der Waals surface area contributed by atoms with Gasteiger partial charge in [0, 0.05) is 25.2 Å². The van der Waals surface area contributed by atoms with E-state index in [1.165, 1.54) is 0 Å². The summed E-state index contributed by atoms with van der Waals surface area (Å²) in [5.74, 6) is 0.357. The van der Waals surface area contributed by atoms with E-state index in [4.69, 9.17) is 0 Å². The average Bonchev–Trinajstić information content (AvgIpc) is 3.17. The first-order valence-corrected chi connectivity index (χ1v) is 10.2. The summed E-state index contributed by atoms with van der Waals surface area (Å²) in [5.41, 5.74) is 1.40. The Morgan fingerprint density at radius 3 is 2.64 bits per heavy atom. The van der Waals surface area contributed by atoms with Gasteiger partial charge in [0.25, 0.3) is 11.8 Å². The van der Waals surface area contributed by atoms with Crippen LogP contribution in [0.15, 0.2) is 42.5 Å². The molecule has 0 bridgehead atoms. The van der Waals surface area contributed by atoms with Crippen molar-refractivity contribution in [3.05, 3.63) is 58.6 Å². The lowest BCUT2D eigenvalue weighted by molar-refractivity contribution is 0.0688. The molecule has 1 saturated heterocycles. The molecule has 2 amide bonds. The predicted molar refractivity (Wildman–Crippen MR) is 110 cm³/mol. The molecule has 0 aliphatic carbocycles. The largest absolute Gasteiger partial charge is 0.352 e. The number of amides is 2. The minimum Gasteiger partial charge on any atom is -0.352 e. The summed E-state index contributed by atoms with van der Waals surface area (Å²) in [6.07, 6.45) is 1.76. The lowest BCUT2D eigenvalue weighted by Gasteiger charge is -2.31. The number of carbonyl (C=O) groups excluding carboxylic acids is 2. The van der Waals surface area contributed by atoms with Gasteiger partial charge in [-0.1, -0.05) is 40.9 Å². The Hall–Kier alpha value is -2.80. The van der Waals surface area contributed by atoms with Gasteiger partial charge in [-0.05, 0) is 54.1 Å². The molecule has 1 fully saturated rings. The molecule has 1 aromatic heterocycles. The molecule has 3 aromatic rings. The number of fused-ring (bicyclic) bond motifs is 1. The minimum atomic E-state index is -0.0401. The Balaban J connectivity index is 1.32. The molecule has 6 nitrogen and oxygen atoms in total. The molecular weight excluding hydrogens is 372 g/mol.